The van der Waals surface area contributed by atoms with E-state index >= 15 is 0 Å². The molecule has 0 radical (unpaired) electrons. The minimum atomic E-state index is -0.602. The van der Waals surface area contributed by atoms with Crippen molar-refractivity contribution < 1.29 is 19.1 Å². The van der Waals surface area contributed by atoms with Gasteiger partial charge in [0.15, 0.2) is 0 Å². The van der Waals surface area contributed by atoms with Gasteiger partial charge in [0.1, 0.15) is 5.60 Å². The summed E-state index contributed by atoms with van der Waals surface area (Å²) >= 11 is 9.43. The van der Waals surface area contributed by atoms with Crippen LogP contribution in [0.15, 0.2) is 34.8 Å². The number of esters is 1. The van der Waals surface area contributed by atoms with Crippen molar-refractivity contribution in [1.82, 2.24) is 0 Å². The fraction of sp³-hybridized carbons (Fsp3) is 0.400. The Morgan fingerprint density at radius 3 is 2.48 bits per heavy atom. The van der Waals surface area contributed by atoms with Gasteiger partial charge in [-0.15, -0.1) is 11.6 Å². The molecular formula is C20H23BrClNO4. The zero-order valence-corrected chi connectivity index (χ0v) is 18.2. The van der Waals surface area contributed by atoms with E-state index in [1.54, 1.807) is 17.0 Å². The van der Waals surface area contributed by atoms with Crippen molar-refractivity contribution in [3.8, 4) is 0 Å². The number of methoxy groups -OCH3 is 1. The zero-order chi connectivity index (χ0) is 20.2. The SMILES string of the molecule is COC(=O)c1ccc2c(Br)c(N(CCCCl)C(=O)OC(C)(C)C)ccc2c1. The van der Waals surface area contributed by atoms with Gasteiger partial charge < -0.3 is 9.47 Å². The fourth-order valence-electron chi connectivity index (χ4n) is 2.58. The number of alkyl halides is 1. The normalized spacial score (nSPS) is 11.3. The van der Waals surface area contributed by atoms with Crippen molar-refractivity contribution in [3.05, 3.63) is 40.4 Å². The number of hydrogen-bond donors (Lipinski definition) is 0. The van der Waals surface area contributed by atoms with E-state index in [1.807, 2.05) is 39.0 Å². The van der Waals surface area contributed by atoms with Gasteiger partial charge in [-0.05, 0) is 72.1 Å². The Kier molecular flexibility index (Phi) is 7.12. The molecule has 27 heavy (non-hydrogen) atoms. The quantitative estimate of drug-likeness (QED) is 0.424. The molecule has 0 fully saturated rings. The van der Waals surface area contributed by atoms with Crippen LogP contribution in [-0.4, -0.2) is 37.2 Å². The van der Waals surface area contributed by atoms with Crippen molar-refractivity contribution in [2.24, 2.45) is 0 Å². The molecule has 0 aliphatic rings. The highest BCUT2D eigenvalue weighted by Gasteiger charge is 2.25. The highest BCUT2D eigenvalue weighted by molar-refractivity contribution is 9.10. The van der Waals surface area contributed by atoms with E-state index in [-0.39, 0.29) is 0 Å². The summed E-state index contributed by atoms with van der Waals surface area (Å²) in [5, 5.41) is 1.73. The number of anilines is 1. The summed E-state index contributed by atoms with van der Waals surface area (Å²) < 4.78 is 11.1. The van der Waals surface area contributed by atoms with Crippen LogP contribution in [-0.2, 0) is 9.47 Å². The molecule has 0 aromatic heterocycles. The Bertz CT molecular complexity index is 848. The minimum absolute atomic E-state index is 0.394. The predicted octanol–water partition coefficient (Wildman–Crippen LogP) is 5.76. The van der Waals surface area contributed by atoms with Gasteiger partial charge in [-0.25, -0.2) is 9.59 Å². The molecule has 0 N–H and O–H groups in total. The van der Waals surface area contributed by atoms with Gasteiger partial charge in [-0.3, -0.25) is 4.90 Å². The number of benzene rings is 2. The zero-order valence-electron chi connectivity index (χ0n) is 15.8. The second-order valence-corrected chi connectivity index (χ2v) is 8.17. The van der Waals surface area contributed by atoms with Gasteiger partial charge in [0.25, 0.3) is 0 Å². The minimum Gasteiger partial charge on any atom is -0.465 e. The van der Waals surface area contributed by atoms with E-state index in [4.69, 9.17) is 21.1 Å². The lowest BCUT2D eigenvalue weighted by Crippen LogP contribution is -2.37. The highest BCUT2D eigenvalue weighted by atomic mass is 79.9. The maximum atomic E-state index is 12.7. The molecule has 0 unspecified atom stereocenters. The maximum absolute atomic E-state index is 12.7. The van der Waals surface area contributed by atoms with E-state index in [1.165, 1.54) is 7.11 Å². The largest absolute Gasteiger partial charge is 0.465 e. The van der Waals surface area contributed by atoms with Crippen molar-refractivity contribution >= 4 is 56.1 Å². The van der Waals surface area contributed by atoms with E-state index in [2.05, 4.69) is 15.9 Å². The van der Waals surface area contributed by atoms with E-state index in [0.717, 1.165) is 15.2 Å². The second-order valence-electron chi connectivity index (χ2n) is 7.00. The topological polar surface area (TPSA) is 55.8 Å². The third kappa shape index (κ3) is 5.36. The lowest BCUT2D eigenvalue weighted by atomic mass is 10.1. The molecule has 146 valence electrons. The number of fused-ring (bicyclic) bond motifs is 1. The maximum Gasteiger partial charge on any atom is 0.414 e. The molecule has 0 aliphatic heterocycles. The Balaban J connectivity index is 2.47. The summed E-state index contributed by atoms with van der Waals surface area (Å²) in [7, 11) is 1.35. The molecule has 0 aliphatic carbocycles. The summed E-state index contributed by atoms with van der Waals surface area (Å²) in [6.45, 7) is 5.92. The molecule has 2 aromatic rings. The van der Waals surface area contributed by atoms with Crippen LogP contribution in [0, 0.1) is 0 Å². The standard InChI is InChI=1S/C20H23BrClNO4/c1-20(2,3)27-19(25)23(11-5-10-22)16-9-7-13-12-14(18(24)26-4)6-8-15(13)17(16)21/h6-9,12H,5,10-11H2,1-4H3. The first-order chi connectivity index (χ1) is 12.7. The third-order valence-electron chi connectivity index (χ3n) is 3.77. The number of nitrogens with zero attached hydrogens (tertiary/aromatic N) is 1. The third-order valence-corrected chi connectivity index (χ3v) is 4.88. The van der Waals surface area contributed by atoms with Crippen molar-refractivity contribution in [3.63, 3.8) is 0 Å². The fourth-order valence-corrected chi connectivity index (χ4v) is 3.41. The van der Waals surface area contributed by atoms with Crippen LogP contribution >= 0.6 is 27.5 Å². The first-order valence-corrected chi connectivity index (χ1v) is 9.87. The van der Waals surface area contributed by atoms with Crippen LogP contribution < -0.4 is 4.90 Å². The number of carbonyl (C=O) groups excluding carboxylic acids is 2. The van der Waals surface area contributed by atoms with Crippen LogP contribution in [0.25, 0.3) is 10.8 Å². The van der Waals surface area contributed by atoms with Gasteiger partial charge >= 0.3 is 12.1 Å². The molecule has 0 saturated carbocycles. The lowest BCUT2D eigenvalue weighted by Gasteiger charge is -2.28. The van der Waals surface area contributed by atoms with E-state index in [0.29, 0.717) is 30.1 Å². The smallest absolute Gasteiger partial charge is 0.414 e. The van der Waals surface area contributed by atoms with Crippen molar-refractivity contribution in [2.45, 2.75) is 32.8 Å². The summed E-state index contributed by atoms with van der Waals surface area (Å²) in [6.07, 6.45) is 0.200. The Hall–Kier alpha value is -1.79. The van der Waals surface area contributed by atoms with Gasteiger partial charge in [0.2, 0.25) is 0 Å². The Morgan fingerprint density at radius 2 is 1.89 bits per heavy atom. The summed E-state index contributed by atoms with van der Waals surface area (Å²) in [6, 6.07) is 8.96. The second kappa shape index (κ2) is 8.93. The van der Waals surface area contributed by atoms with Gasteiger partial charge in [0, 0.05) is 16.9 Å². The van der Waals surface area contributed by atoms with Crippen LogP contribution in [0.5, 0.6) is 0 Å². The average Bonchev–Trinajstić information content (AvgIpc) is 2.61. The average molecular weight is 457 g/mol. The lowest BCUT2D eigenvalue weighted by molar-refractivity contribution is 0.0576. The van der Waals surface area contributed by atoms with Gasteiger partial charge in [0.05, 0.1) is 18.4 Å². The molecule has 2 rings (SSSR count). The highest BCUT2D eigenvalue weighted by Crippen LogP contribution is 2.35. The van der Waals surface area contributed by atoms with Crippen LogP contribution in [0.1, 0.15) is 37.6 Å². The number of ether oxygens (including phenoxy) is 2. The molecule has 7 heteroatoms. The Morgan fingerprint density at radius 1 is 1.19 bits per heavy atom. The molecule has 5 nitrogen and oxygen atoms in total. The molecule has 0 bridgehead atoms. The summed E-state index contributed by atoms with van der Waals surface area (Å²) in [5.74, 6) is 0.0436. The van der Waals surface area contributed by atoms with Gasteiger partial charge in [-0.1, -0.05) is 12.1 Å². The molecule has 0 atom stereocenters. The molecular weight excluding hydrogens is 434 g/mol. The monoisotopic (exact) mass is 455 g/mol. The van der Waals surface area contributed by atoms with E-state index in [9.17, 15) is 9.59 Å². The van der Waals surface area contributed by atoms with E-state index < -0.39 is 17.7 Å². The first kappa shape index (κ1) is 21.5. The first-order valence-electron chi connectivity index (χ1n) is 8.55. The molecule has 0 spiro atoms. The van der Waals surface area contributed by atoms with Crippen molar-refractivity contribution in [1.29, 1.82) is 0 Å². The van der Waals surface area contributed by atoms with Crippen LogP contribution in [0.4, 0.5) is 10.5 Å². The number of amides is 1. The molecule has 0 saturated heterocycles. The molecule has 2 aromatic carbocycles. The Labute approximate surface area is 172 Å². The molecule has 1 amide bonds. The summed E-state index contributed by atoms with van der Waals surface area (Å²) in [5.41, 5.74) is 0.554. The number of rotatable bonds is 5. The predicted molar refractivity (Wildman–Crippen MR) is 112 cm³/mol. The van der Waals surface area contributed by atoms with Crippen LogP contribution in [0.3, 0.4) is 0 Å². The molecule has 0 heterocycles. The van der Waals surface area contributed by atoms with Crippen LogP contribution in [0.2, 0.25) is 0 Å². The number of carbonyl (C=O) groups is 2. The number of halogens is 2. The summed E-state index contributed by atoms with van der Waals surface area (Å²) in [4.78, 5) is 26.0. The van der Waals surface area contributed by atoms with Crippen molar-refractivity contribution in [2.75, 3.05) is 24.4 Å². The number of hydrogen-bond acceptors (Lipinski definition) is 4. The van der Waals surface area contributed by atoms with Gasteiger partial charge in [-0.2, -0.15) is 0 Å².